The number of rotatable bonds is 31. The molecule has 0 heterocycles. The molecule has 0 aromatic carbocycles. The minimum absolute atomic E-state index is 0.0199. The Bertz CT molecular complexity index is 562. The highest BCUT2D eigenvalue weighted by atomic mass is 33.1. The number of hydrogen-bond acceptors (Lipinski definition) is 5. The lowest BCUT2D eigenvalue weighted by atomic mass is 10.1. The van der Waals surface area contributed by atoms with E-state index in [0.717, 1.165) is 38.2 Å². The summed E-state index contributed by atoms with van der Waals surface area (Å²) in [5.41, 5.74) is 5.35. The van der Waals surface area contributed by atoms with Gasteiger partial charge in [-0.2, -0.15) is 0 Å². The molecular weight excluding hydrogens is 523 g/mol. The molecule has 0 aliphatic rings. The van der Waals surface area contributed by atoms with Gasteiger partial charge in [0.2, 0.25) is 0 Å². The zero-order valence-electron chi connectivity index (χ0n) is 25.6. The maximum atomic E-state index is 7.24. The fraction of sp³-hybridized carbons (Fsp3) is 0.844. The molecule has 4 N–H and O–H groups in total. The van der Waals surface area contributed by atoms with E-state index >= 15 is 0 Å². The quantitative estimate of drug-likeness (QED) is 0.0188. The van der Waals surface area contributed by atoms with E-state index in [1.165, 1.54) is 103 Å². The van der Waals surface area contributed by atoms with Crippen LogP contribution < -0.4 is 11.1 Å². The average Bonchev–Trinajstić information content (AvgIpc) is 2.93. The van der Waals surface area contributed by atoms with Crippen molar-refractivity contribution >= 4 is 27.5 Å². The highest BCUT2D eigenvalue weighted by Gasteiger charge is 2.10. The van der Waals surface area contributed by atoms with E-state index in [1.54, 1.807) is 21.6 Å². The highest BCUT2D eigenvalue weighted by molar-refractivity contribution is 8.76. The number of unbranched alkanes of at least 4 members (excludes halogenated alkanes) is 15. The Labute approximate surface area is 250 Å². The molecule has 0 aromatic heterocycles. The van der Waals surface area contributed by atoms with Crippen molar-refractivity contribution in [3.8, 4) is 0 Å². The van der Waals surface area contributed by atoms with Gasteiger partial charge in [-0.25, -0.2) is 0 Å². The minimum atomic E-state index is 0.0199. The topological polar surface area (TPSA) is 80.4 Å². The monoisotopic (exact) mass is 585 g/mol. The minimum Gasteiger partial charge on any atom is -0.379 e. The van der Waals surface area contributed by atoms with Crippen LogP contribution in [0.2, 0.25) is 0 Å². The van der Waals surface area contributed by atoms with Crippen LogP contribution in [0.5, 0.6) is 0 Å². The van der Waals surface area contributed by atoms with Crippen LogP contribution in [-0.4, -0.2) is 43.5 Å². The summed E-state index contributed by atoms with van der Waals surface area (Å²) in [6.07, 6.45) is 33.7. The molecule has 0 bridgehead atoms. The van der Waals surface area contributed by atoms with Gasteiger partial charge >= 0.3 is 0 Å². The molecule has 7 heteroatoms. The SMILES string of the molecule is CCCCC/C=C\C/C=C\CCCCCCCCOCC(CSSCNC(=N)N)OCCCCCCCCC. The van der Waals surface area contributed by atoms with Gasteiger partial charge in [0.1, 0.15) is 0 Å². The smallest absolute Gasteiger partial charge is 0.186 e. The zero-order chi connectivity index (χ0) is 28.5. The zero-order valence-corrected chi connectivity index (χ0v) is 27.2. The summed E-state index contributed by atoms with van der Waals surface area (Å²) in [6.45, 7) is 6.84. The molecule has 1 unspecified atom stereocenters. The fourth-order valence-corrected chi connectivity index (χ4v) is 6.04. The molecule has 1 atom stereocenters. The van der Waals surface area contributed by atoms with Gasteiger partial charge in [0.05, 0.1) is 18.6 Å². The second-order valence-corrected chi connectivity index (χ2v) is 12.9. The predicted molar refractivity (Wildman–Crippen MR) is 178 cm³/mol. The van der Waals surface area contributed by atoms with Gasteiger partial charge in [0.25, 0.3) is 0 Å². The van der Waals surface area contributed by atoms with Gasteiger partial charge in [-0.15, -0.1) is 0 Å². The lowest BCUT2D eigenvalue weighted by molar-refractivity contribution is -0.00609. The maximum absolute atomic E-state index is 7.24. The van der Waals surface area contributed by atoms with Crippen molar-refractivity contribution in [3.63, 3.8) is 0 Å². The summed E-state index contributed by atoms with van der Waals surface area (Å²) in [5.74, 6) is 1.55. The number of guanidine groups is 1. The van der Waals surface area contributed by atoms with Crippen molar-refractivity contribution in [1.29, 1.82) is 5.41 Å². The van der Waals surface area contributed by atoms with Crippen LogP contribution in [0.15, 0.2) is 24.3 Å². The van der Waals surface area contributed by atoms with Gasteiger partial charge in [-0.3, -0.25) is 5.41 Å². The van der Waals surface area contributed by atoms with Gasteiger partial charge in [0.15, 0.2) is 5.96 Å². The molecule has 0 amide bonds. The van der Waals surface area contributed by atoms with Gasteiger partial charge < -0.3 is 20.5 Å². The molecule has 5 nitrogen and oxygen atoms in total. The molecule has 0 spiro atoms. The largest absolute Gasteiger partial charge is 0.379 e. The third-order valence-electron chi connectivity index (χ3n) is 6.55. The second kappa shape index (κ2) is 33.6. The first-order chi connectivity index (χ1) is 19.2. The highest BCUT2D eigenvalue weighted by Crippen LogP contribution is 2.22. The van der Waals surface area contributed by atoms with E-state index in [0.29, 0.717) is 12.5 Å². The normalized spacial score (nSPS) is 12.6. The molecular formula is C32H63N3O2S2. The second-order valence-electron chi connectivity index (χ2n) is 10.4. The van der Waals surface area contributed by atoms with E-state index < -0.39 is 0 Å². The number of hydrogen-bond donors (Lipinski definition) is 3. The Hall–Kier alpha value is -0.630. The van der Waals surface area contributed by atoms with E-state index in [4.69, 9.17) is 20.6 Å². The van der Waals surface area contributed by atoms with Crippen molar-refractivity contribution in [2.45, 2.75) is 142 Å². The summed E-state index contributed by atoms with van der Waals surface area (Å²) >= 11 is 0. The summed E-state index contributed by atoms with van der Waals surface area (Å²) in [4.78, 5) is 0. The van der Waals surface area contributed by atoms with Gasteiger partial charge in [0, 0.05) is 19.0 Å². The molecule has 0 radical (unpaired) electrons. The first-order valence-electron chi connectivity index (χ1n) is 16.0. The van der Waals surface area contributed by atoms with Crippen LogP contribution in [0, 0.1) is 5.41 Å². The van der Waals surface area contributed by atoms with E-state index in [2.05, 4.69) is 43.5 Å². The summed E-state index contributed by atoms with van der Waals surface area (Å²) in [7, 11) is 3.43. The lowest BCUT2D eigenvalue weighted by Crippen LogP contribution is -2.29. The predicted octanol–water partition coefficient (Wildman–Crippen LogP) is 9.77. The molecule has 0 rings (SSSR count). The summed E-state index contributed by atoms with van der Waals surface area (Å²) < 4.78 is 12.2. The van der Waals surface area contributed by atoms with E-state index in [9.17, 15) is 0 Å². The van der Waals surface area contributed by atoms with Crippen LogP contribution in [0.25, 0.3) is 0 Å². The molecule has 0 aliphatic carbocycles. The molecule has 0 fully saturated rings. The number of nitrogens with two attached hydrogens (primary N) is 1. The first kappa shape index (κ1) is 38.4. The molecule has 0 saturated heterocycles. The average molecular weight is 586 g/mol. The lowest BCUT2D eigenvalue weighted by Gasteiger charge is -2.18. The van der Waals surface area contributed by atoms with Crippen molar-refractivity contribution in [1.82, 2.24) is 5.32 Å². The van der Waals surface area contributed by atoms with Crippen LogP contribution >= 0.6 is 21.6 Å². The van der Waals surface area contributed by atoms with Gasteiger partial charge in [-0.1, -0.05) is 137 Å². The molecule has 0 aromatic rings. The molecule has 0 saturated carbocycles. The van der Waals surface area contributed by atoms with Crippen molar-refractivity contribution in [2.24, 2.45) is 5.73 Å². The number of allylic oxidation sites excluding steroid dienone is 4. The van der Waals surface area contributed by atoms with Crippen LogP contribution in [0.4, 0.5) is 0 Å². The molecule has 230 valence electrons. The Morgan fingerprint density at radius 1 is 0.718 bits per heavy atom. The summed E-state index contributed by atoms with van der Waals surface area (Å²) in [5, 5.41) is 10.1. The van der Waals surface area contributed by atoms with E-state index in [-0.39, 0.29) is 12.1 Å². The van der Waals surface area contributed by atoms with Crippen molar-refractivity contribution in [2.75, 3.05) is 31.5 Å². The first-order valence-corrected chi connectivity index (χ1v) is 18.5. The number of nitrogens with one attached hydrogen (secondary N) is 2. The Morgan fingerprint density at radius 2 is 1.26 bits per heavy atom. The van der Waals surface area contributed by atoms with Crippen LogP contribution in [0.3, 0.4) is 0 Å². The Balaban J connectivity index is 3.76. The summed E-state index contributed by atoms with van der Waals surface area (Å²) in [6, 6.07) is 0. The molecule has 39 heavy (non-hydrogen) atoms. The Morgan fingerprint density at radius 3 is 1.90 bits per heavy atom. The van der Waals surface area contributed by atoms with Crippen LogP contribution in [-0.2, 0) is 9.47 Å². The fourth-order valence-electron chi connectivity index (χ4n) is 4.13. The van der Waals surface area contributed by atoms with Crippen molar-refractivity contribution in [3.05, 3.63) is 24.3 Å². The standard InChI is InChI=1S/C32H63N3O2S2/c1-3-5-7-9-11-12-13-14-15-16-17-18-19-21-22-24-26-36-28-31(29-38-39-30-35-32(33)34)37-27-25-23-20-10-8-6-4-2/h11-12,14-15,31H,3-10,13,16-30H2,1-2H3,(H4,33,34,35)/b12-11-,15-14-. The molecule has 0 aliphatic heterocycles. The maximum Gasteiger partial charge on any atom is 0.186 e. The van der Waals surface area contributed by atoms with Crippen LogP contribution in [0.1, 0.15) is 136 Å². The number of ether oxygens (including phenoxy) is 2. The van der Waals surface area contributed by atoms with E-state index in [1.807, 2.05) is 0 Å². The van der Waals surface area contributed by atoms with Crippen molar-refractivity contribution < 1.29 is 9.47 Å². The Kier molecular flexibility index (Phi) is 33.0. The third-order valence-corrected chi connectivity index (χ3v) is 8.75. The third kappa shape index (κ3) is 33.5. The van der Waals surface area contributed by atoms with Gasteiger partial charge in [-0.05, 0) is 44.9 Å².